The summed E-state index contributed by atoms with van der Waals surface area (Å²) in [4.78, 5) is 19.2. The number of aromatic nitrogens is 2. The summed E-state index contributed by atoms with van der Waals surface area (Å²) in [5.41, 5.74) is 6.80. The van der Waals surface area contributed by atoms with Gasteiger partial charge in [-0.15, -0.1) is 0 Å². The number of imidazole rings is 1. The summed E-state index contributed by atoms with van der Waals surface area (Å²) in [6.07, 6.45) is 9.45. The minimum absolute atomic E-state index is 0.0693. The highest BCUT2D eigenvalue weighted by atomic mass is 16.2. The van der Waals surface area contributed by atoms with E-state index in [9.17, 15) is 4.79 Å². The van der Waals surface area contributed by atoms with E-state index in [1.165, 1.54) is 12.8 Å². The Kier molecular flexibility index (Phi) is 8.05. The monoisotopic (exact) mass is 294 g/mol. The smallest absolute Gasteiger partial charge is 0.237 e. The van der Waals surface area contributed by atoms with Gasteiger partial charge in [0.25, 0.3) is 0 Å². The molecule has 0 saturated heterocycles. The minimum Gasteiger partial charge on any atom is -0.352 e. The molecule has 0 aliphatic carbocycles. The summed E-state index contributed by atoms with van der Waals surface area (Å²) in [6.45, 7) is 6.56. The first-order valence-corrected chi connectivity index (χ1v) is 8.06. The fraction of sp³-hybridized carbons (Fsp3) is 0.750. The number of H-pyrrole nitrogens is 1. The van der Waals surface area contributed by atoms with Crippen LogP contribution in [0.15, 0.2) is 12.5 Å². The molecule has 1 heterocycles. The van der Waals surface area contributed by atoms with E-state index in [-0.39, 0.29) is 11.9 Å². The second-order valence-corrected chi connectivity index (χ2v) is 6.20. The molecule has 0 aliphatic heterocycles. The Bertz CT molecular complexity index is 389. The van der Waals surface area contributed by atoms with Crippen molar-refractivity contribution in [3.63, 3.8) is 0 Å². The van der Waals surface area contributed by atoms with E-state index in [0.717, 1.165) is 25.0 Å². The molecule has 5 heteroatoms. The highest BCUT2D eigenvalue weighted by Crippen LogP contribution is 2.12. The molecule has 0 radical (unpaired) electrons. The van der Waals surface area contributed by atoms with Crippen molar-refractivity contribution in [1.82, 2.24) is 15.3 Å². The second kappa shape index (κ2) is 9.55. The molecule has 1 aromatic rings. The lowest BCUT2D eigenvalue weighted by atomic mass is 9.98. The van der Waals surface area contributed by atoms with Crippen molar-refractivity contribution < 1.29 is 4.79 Å². The number of carbonyl (C=O) groups is 1. The van der Waals surface area contributed by atoms with E-state index in [1.54, 1.807) is 12.5 Å². The first kappa shape index (κ1) is 17.7. The van der Waals surface area contributed by atoms with Gasteiger partial charge in [-0.05, 0) is 18.8 Å². The van der Waals surface area contributed by atoms with E-state index in [0.29, 0.717) is 12.3 Å². The Morgan fingerprint density at radius 2 is 2.19 bits per heavy atom. The molecule has 0 bridgehead atoms. The first-order chi connectivity index (χ1) is 10.0. The quantitative estimate of drug-likeness (QED) is 0.579. The molecular formula is C16H30N4O. The zero-order valence-electron chi connectivity index (χ0n) is 13.6. The summed E-state index contributed by atoms with van der Waals surface area (Å²) >= 11 is 0. The summed E-state index contributed by atoms with van der Waals surface area (Å²) in [5.74, 6) is 0.500. The Hall–Kier alpha value is -1.36. The molecule has 1 amide bonds. The van der Waals surface area contributed by atoms with Crippen LogP contribution < -0.4 is 11.1 Å². The van der Waals surface area contributed by atoms with Gasteiger partial charge >= 0.3 is 0 Å². The molecule has 0 aromatic carbocycles. The highest BCUT2D eigenvalue weighted by molar-refractivity contribution is 5.82. The Balaban J connectivity index is 2.45. The van der Waals surface area contributed by atoms with Gasteiger partial charge < -0.3 is 16.0 Å². The van der Waals surface area contributed by atoms with Gasteiger partial charge in [-0.1, -0.05) is 40.0 Å². The van der Waals surface area contributed by atoms with Gasteiger partial charge in [-0.2, -0.15) is 0 Å². The normalized spacial score (nSPS) is 14.1. The Labute approximate surface area is 128 Å². The van der Waals surface area contributed by atoms with E-state index in [2.05, 4.69) is 36.1 Å². The molecule has 5 nitrogen and oxygen atoms in total. The van der Waals surface area contributed by atoms with Crippen LogP contribution in [0.1, 0.15) is 58.6 Å². The average Bonchev–Trinajstić information content (AvgIpc) is 2.91. The van der Waals surface area contributed by atoms with E-state index in [4.69, 9.17) is 5.73 Å². The third kappa shape index (κ3) is 7.27. The van der Waals surface area contributed by atoms with Crippen LogP contribution in [0, 0.1) is 5.92 Å². The van der Waals surface area contributed by atoms with Gasteiger partial charge in [0.15, 0.2) is 0 Å². The van der Waals surface area contributed by atoms with E-state index >= 15 is 0 Å². The second-order valence-electron chi connectivity index (χ2n) is 6.20. The molecule has 1 rings (SSSR count). The standard InChI is InChI=1S/C16H30N4O/c1-4-5-6-7-13(8-12(2)3)20-16(21)15(17)9-14-10-18-11-19-14/h10-13,15H,4-9,17H2,1-3H3,(H,18,19)(H,20,21)/t13-,15+/m1/s1. The van der Waals surface area contributed by atoms with Crippen molar-refractivity contribution in [2.75, 3.05) is 0 Å². The summed E-state index contributed by atoms with van der Waals surface area (Å²) in [6, 6.07) is -0.302. The SMILES string of the molecule is CCCCC[C@H](CC(C)C)NC(=O)[C@@H](N)Cc1c[nH]cn1. The molecule has 1 aromatic heterocycles. The molecule has 0 unspecified atom stereocenters. The van der Waals surface area contributed by atoms with Crippen LogP contribution >= 0.6 is 0 Å². The molecule has 0 spiro atoms. The van der Waals surface area contributed by atoms with Crippen LogP contribution in [-0.4, -0.2) is 28.0 Å². The molecule has 0 aliphatic rings. The topological polar surface area (TPSA) is 83.8 Å². The molecule has 2 atom stereocenters. The Morgan fingerprint density at radius 1 is 1.43 bits per heavy atom. The van der Waals surface area contributed by atoms with Crippen LogP contribution in [-0.2, 0) is 11.2 Å². The molecule has 0 saturated carbocycles. The molecule has 0 fully saturated rings. The van der Waals surface area contributed by atoms with Gasteiger partial charge in [-0.25, -0.2) is 4.98 Å². The lowest BCUT2D eigenvalue weighted by Gasteiger charge is -2.22. The van der Waals surface area contributed by atoms with Crippen LogP contribution in [0.4, 0.5) is 0 Å². The van der Waals surface area contributed by atoms with E-state index < -0.39 is 6.04 Å². The van der Waals surface area contributed by atoms with Gasteiger partial charge in [-0.3, -0.25) is 4.79 Å². The maximum atomic E-state index is 12.2. The van der Waals surface area contributed by atoms with Crippen molar-refractivity contribution in [3.8, 4) is 0 Å². The zero-order valence-corrected chi connectivity index (χ0v) is 13.6. The van der Waals surface area contributed by atoms with Crippen molar-refractivity contribution in [3.05, 3.63) is 18.2 Å². The maximum absolute atomic E-state index is 12.2. The molecular weight excluding hydrogens is 264 g/mol. The number of nitrogens with two attached hydrogens (primary N) is 1. The lowest BCUT2D eigenvalue weighted by Crippen LogP contribution is -2.46. The number of hydrogen-bond donors (Lipinski definition) is 3. The van der Waals surface area contributed by atoms with Crippen LogP contribution in [0.25, 0.3) is 0 Å². The fourth-order valence-electron chi connectivity index (χ4n) is 2.49. The van der Waals surface area contributed by atoms with Crippen LogP contribution in [0.3, 0.4) is 0 Å². The van der Waals surface area contributed by atoms with Crippen molar-refractivity contribution >= 4 is 5.91 Å². The highest BCUT2D eigenvalue weighted by Gasteiger charge is 2.19. The predicted molar refractivity (Wildman–Crippen MR) is 85.8 cm³/mol. The molecule has 4 N–H and O–H groups in total. The minimum atomic E-state index is -0.533. The third-order valence-corrected chi connectivity index (χ3v) is 3.58. The van der Waals surface area contributed by atoms with Gasteiger partial charge in [0.2, 0.25) is 5.91 Å². The lowest BCUT2D eigenvalue weighted by molar-refractivity contribution is -0.123. The average molecular weight is 294 g/mol. The Morgan fingerprint density at radius 3 is 2.76 bits per heavy atom. The fourth-order valence-corrected chi connectivity index (χ4v) is 2.49. The zero-order chi connectivity index (χ0) is 15.7. The van der Waals surface area contributed by atoms with Crippen LogP contribution in [0.5, 0.6) is 0 Å². The van der Waals surface area contributed by atoms with Crippen molar-refractivity contribution in [2.45, 2.75) is 71.4 Å². The van der Waals surface area contributed by atoms with Gasteiger partial charge in [0, 0.05) is 18.7 Å². The number of hydrogen-bond acceptors (Lipinski definition) is 3. The number of aromatic amines is 1. The van der Waals surface area contributed by atoms with Gasteiger partial charge in [0.1, 0.15) is 0 Å². The number of amides is 1. The number of unbranched alkanes of at least 4 members (excludes halogenated alkanes) is 2. The number of rotatable bonds is 10. The summed E-state index contributed by atoms with van der Waals surface area (Å²) < 4.78 is 0. The van der Waals surface area contributed by atoms with Crippen molar-refractivity contribution in [2.24, 2.45) is 11.7 Å². The number of carbonyl (C=O) groups excluding carboxylic acids is 1. The van der Waals surface area contributed by atoms with Gasteiger partial charge in [0.05, 0.1) is 18.1 Å². The maximum Gasteiger partial charge on any atom is 0.237 e. The molecule has 120 valence electrons. The van der Waals surface area contributed by atoms with E-state index in [1.807, 2.05) is 0 Å². The summed E-state index contributed by atoms with van der Waals surface area (Å²) in [7, 11) is 0. The molecule has 21 heavy (non-hydrogen) atoms. The van der Waals surface area contributed by atoms with Crippen molar-refractivity contribution in [1.29, 1.82) is 0 Å². The summed E-state index contributed by atoms with van der Waals surface area (Å²) in [5, 5.41) is 3.12. The number of nitrogens with zero attached hydrogens (tertiary/aromatic N) is 1. The number of nitrogens with one attached hydrogen (secondary N) is 2. The third-order valence-electron chi connectivity index (χ3n) is 3.58. The predicted octanol–water partition coefficient (Wildman–Crippen LogP) is 2.39. The van der Waals surface area contributed by atoms with Crippen LogP contribution in [0.2, 0.25) is 0 Å². The first-order valence-electron chi connectivity index (χ1n) is 8.06. The largest absolute Gasteiger partial charge is 0.352 e.